The number of nitrogens with zero attached hydrogens (tertiary/aromatic N) is 1. The molecule has 0 spiro atoms. The van der Waals surface area contributed by atoms with Gasteiger partial charge in [-0.15, -0.1) is 0 Å². The van der Waals surface area contributed by atoms with E-state index in [-0.39, 0.29) is 12.0 Å². The molecule has 19 heavy (non-hydrogen) atoms. The van der Waals surface area contributed by atoms with Crippen molar-refractivity contribution < 1.29 is 9.90 Å². The minimum absolute atomic E-state index is 0.282. The second-order valence-electron chi connectivity index (χ2n) is 5.18. The van der Waals surface area contributed by atoms with Crippen LogP contribution in [0, 0.1) is 12.8 Å². The summed E-state index contributed by atoms with van der Waals surface area (Å²) in [5.74, 6) is -1.11. The normalized spacial score (nSPS) is 24.1. The van der Waals surface area contributed by atoms with Crippen molar-refractivity contribution in [2.75, 3.05) is 24.5 Å². The predicted molar refractivity (Wildman–Crippen MR) is 79.7 cm³/mol. The van der Waals surface area contributed by atoms with Crippen LogP contribution in [0.15, 0.2) is 22.7 Å². The first-order valence-corrected chi connectivity index (χ1v) is 7.24. The van der Waals surface area contributed by atoms with Crippen LogP contribution in [0.4, 0.5) is 5.69 Å². The fraction of sp³-hybridized carbons (Fsp3) is 0.500. The maximum absolute atomic E-state index is 11.2. The Kier molecular flexibility index (Phi) is 4.47. The summed E-state index contributed by atoms with van der Waals surface area (Å²) in [4.78, 5) is 13.4. The van der Waals surface area contributed by atoms with Crippen LogP contribution in [0.25, 0.3) is 0 Å². The molecule has 4 nitrogen and oxygen atoms in total. The molecule has 1 aromatic rings. The zero-order valence-electron chi connectivity index (χ0n) is 11.2. The third-order valence-corrected chi connectivity index (χ3v) is 4.37. The Balaban J connectivity index is 2.24. The number of aliphatic carboxylic acids is 1. The average molecular weight is 327 g/mol. The van der Waals surface area contributed by atoms with E-state index in [4.69, 9.17) is 0 Å². The summed E-state index contributed by atoms with van der Waals surface area (Å²) in [7, 11) is 0. The number of carboxylic acid groups (broad SMARTS) is 1. The van der Waals surface area contributed by atoms with Gasteiger partial charge in [-0.1, -0.05) is 22.0 Å². The van der Waals surface area contributed by atoms with Crippen molar-refractivity contribution in [1.82, 2.24) is 5.32 Å². The first-order chi connectivity index (χ1) is 8.97. The summed E-state index contributed by atoms with van der Waals surface area (Å²) in [6, 6.07) is 6.45. The van der Waals surface area contributed by atoms with Gasteiger partial charge in [0, 0.05) is 35.8 Å². The third-order valence-electron chi connectivity index (χ3n) is 3.52. The first kappa shape index (κ1) is 14.3. The highest BCUT2D eigenvalue weighted by atomic mass is 79.9. The molecule has 1 saturated heterocycles. The Morgan fingerprint density at radius 2 is 2.21 bits per heavy atom. The SMILES string of the molecule is Cc1ccc(N2CC(C)NCC(C(=O)O)C2)cc1Br. The zero-order valence-corrected chi connectivity index (χ0v) is 12.8. The molecule has 0 aliphatic carbocycles. The molecule has 1 aliphatic rings. The summed E-state index contributed by atoms with van der Waals surface area (Å²) in [5, 5.41) is 12.5. The highest BCUT2D eigenvalue weighted by molar-refractivity contribution is 9.10. The molecule has 1 fully saturated rings. The van der Waals surface area contributed by atoms with E-state index in [0.717, 1.165) is 16.7 Å². The molecule has 1 aliphatic heterocycles. The van der Waals surface area contributed by atoms with Crippen molar-refractivity contribution in [2.45, 2.75) is 19.9 Å². The Morgan fingerprint density at radius 1 is 1.47 bits per heavy atom. The van der Waals surface area contributed by atoms with Gasteiger partial charge in [0.05, 0.1) is 5.92 Å². The van der Waals surface area contributed by atoms with Gasteiger partial charge in [-0.3, -0.25) is 4.79 Å². The van der Waals surface area contributed by atoms with Crippen LogP contribution >= 0.6 is 15.9 Å². The molecule has 104 valence electrons. The lowest BCUT2D eigenvalue weighted by Crippen LogP contribution is -2.35. The molecular formula is C14H19BrN2O2. The molecule has 2 atom stereocenters. The number of aryl methyl sites for hydroxylation is 1. The predicted octanol–water partition coefficient (Wildman–Crippen LogP) is 2.26. The molecular weight excluding hydrogens is 308 g/mol. The van der Waals surface area contributed by atoms with Crippen LogP contribution < -0.4 is 10.2 Å². The van der Waals surface area contributed by atoms with Crippen molar-refractivity contribution in [1.29, 1.82) is 0 Å². The van der Waals surface area contributed by atoms with Crippen LogP contribution in [0.5, 0.6) is 0 Å². The number of rotatable bonds is 2. The van der Waals surface area contributed by atoms with Gasteiger partial charge in [-0.05, 0) is 31.5 Å². The highest BCUT2D eigenvalue weighted by Crippen LogP contribution is 2.25. The van der Waals surface area contributed by atoms with Crippen molar-refractivity contribution in [3.05, 3.63) is 28.2 Å². The third kappa shape index (κ3) is 3.48. The van der Waals surface area contributed by atoms with Gasteiger partial charge in [0.25, 0.3) is 0 Å². The number of halogens is 1. The molecule has 0 bridgehead atoms. The van der Waals surface area contributed by atoms with Crippen molar-refractivity contribution in [3.63, 3.8) is 0 Å². The Hall–Kier alpha value is -1.07. The average Bonchev–Trinajstić information content (AvgIpc) is 2.55. The molecule has 1 aromatic carbocycles. The van der Waals surface area contributed by atoms with E-state index >= 15 is 0 Å². The number of carboxylic acids is 1. The first-order valence-electron chi connectivity index (χ1n) is 6.44. The van der Waals surface area contributed by atoms with Crippen molar-refractivity contribution in [3.8, 4) is 0 Å². The molecule has 5 heteroatoms. The van der Waals surface area contributed by atoms with Gasteiger partial charge in [-0.2, -0.15) is 0 Å². The van der Waals surface area contributed by atoms with Crippen LogP contribution in [-0.4, -0.2) is 36.8 Å². The maximum Gasteiger partial charge on any atom is 0.309 e. The Bertz CT molecular complexity index is 479. The lowest BCUT2D eigenvalue weighted by molar-refractivity contribution is -0.141. The molecule has 0 saturated carbocycles. The molecule has 2 unspecified atom stereocenters. The van der Waals surface area contributed by atoms with Gasteiger partial charge in [0.2, 0.25) is 0 Å². The number of hydrogen-bond acceptors (Lipinski definition) is 3. The fourth-order valence-electron chi connectivity index (χ4n) is 2.30. The van der Waals surface area contributed by atoms with Gasteiger partial charge in [-0.25, -0.2) is 0 Å². The summed E-state index contributed by atoms with van der Waals surface area (Å²) in [6.07, 6.45) is 0. The summed E-state index contributed by atoms with van der Waals surface area (Å²) < 4.78 is 1.06. The number of nitrogens with one attached hydrogen (secondary N) is 1. The Labute approximate surface area is 121 Å². The minimum atomic E-state index is -0.738. The van der Waals surface area contributed by atoms with Crippen LogP contribution in [0.2, 0.25) is 0 Å². The smallest absolute Gasteiger partial charge is 0.309 e. The van der Waals surface area contributed by atoms with E-state index in [9.17, 15) is 9.90 Å². The van der Waals surface area contributed by atoms with Crippen LogP contribution in [-0.2, 0) is 4.79 Å². The molecule has 2 N–H and O–H groups in total. The summed E-state index contributed by atoms with van der Waals surface area (Å²) >= 11 is 3.53. The quantitative estimate of drug-likeness (QED) is 0.875. The topological polar surface area (TPSA) is 52.6 Å². The van der Waals surface area contributed by atoms with E-state index in [1.54, 1.807) is 0 Å². The largest absolute Gasteiger partial charge is 0.481 e. The number of carbonyl (C=O) groups is 1. The molecule has 2 rings (SSSR count). The second-order valence-corrected chi connectivity index (χ2v) is 6.04. The van der Waals surface area contributed by atoms with Gasteiger partial charge < -0.3 is 15.3 Å². The standard InChI is InChI=1S/C14H19BrN2O2/c1-9-3-4-12(5-13(9)15)17-7-10(2)16-6-11(8-17)14(18)19/h3-5,10-11,16H,6-8H2,1-2H3,(H,18,19). The molecule has 1 heterocycles. The van der Waals surface area contributed by atoms with Gasteiger partial charge >= 0.3 is 5.97 Å². The van der Waals surface area contributed by atoms with Crippen molar-refractivity contribution >= 4 is 27.6 Å². The minimum Gasteiger partial charge on any atom is -0.481 e. The monoisotopic (exact) mass is 326 g/mol. The summed E-state index contributed by atoms with van der Waals surface area (Å²) in [6.45, 7) is 6.02. The Morgan fingerprint density at radius 3 is 2.84 bits per heavy atom. The van der Waals surface area contributed by atoms with E-state index in [1.807, 2.05) is 6.92 Å². The fourth-order valence-corrected chi connectivity index (χ4v) is 2.67. The molecule has 0 aromatic heterocycles. The van der Waals surface area contributed by atoms with E-state index < -0.39 is 5.97 Å². The number of anilines is 1. The maximum atomic E-state index is 11.2. The van der Waals surface area contributed by atoms with E-state index in [1.165, 1.54) is 5.56 Å². The van der Waals surface area contributed by atoms with Gasteiger partial charge in [0.15, 0.2) is 0 Å². The summed E-state index contributed by atoms with van der Waals surface area (Å²) in [5.41, 5.74) is 2.25. The van der Waals surface area contributed by atoms with Crippen LogP contribution in [0.3, 0.4) is 0 Å². The number of hydrogen-bond donors (Lipinski definition) is 2. The van der Waals surface area contributed by atoms with E-state index in [0.29, 0.717) is 13.1 Å². The lowest BCUT2D eigenvalue weighted by atomic mass is 10.1. The van der Waals surface area contributed by atoms with Crippen molar-refractivity contribution in [2.24, 2.45) is 5.92 Å². The van der Waals surface area contributed by atoms with Gasteiger partial charge in [0.1, 0.15) is 0 Å². The zero-order chi connectivity index (χ0) is 14.0. The second kappa shape index (κ2) is 5.92. The number of benzene rings is 1. The molecule has 0 amide bonds. The van der Waals surface area contributed by atoms with E-state index in [2.05, 4.69) is 51.3 Å². The molecule has 0 radical (unpaired) electrons. The lowest BCUT2D eigenvalue weighted by Gasteiger charge is -2.26. The highest BCUT2D eigenvalue weighted by Gasteiger charge is 2.26. The van der Waals surface area contributed by atoms with Crippen LogP contribution in [0.1, 0.15) is 12.5 Å².